The first kappa shape index (κ1) is 7.93. The van der Waals surface area contributed by atoms with Gasteiger partial charge in [-0.3, -0.25) is 0 Å². The van der Waals surface area contributed by atoms with E-state index in [1.165, 1.54) is 25.0 Å². The van der Waals surface area contributed by atoms with Gasteiger partial charge >= 0.3 is 0 Å². The van der Waals surface area contributed by atoms with Crippen LogP contribution in [0.2, 0.25) is 0 Å². The molecule has 0 amide bonds. The monoisotopic (exact) mass is 190 g/mol. The van der Waals surface area contributed by atoms with Gasteiger partial charge in [0.25, 0.3) is 0 Å². The van der Waals surface area contributed by atoms with Crippen LogP contribution >= 0.6 is 11.8 Å². The van der Waals surface area contributed by atoms with Gasteiger partial charge in [0, 0.05) is 5.25 Å². The van der Waals surface area contributed by atoms with Crippen LogP contribution in [0.3, 0.4) is 0 Å². The second-order valence-corrected chi connectivity index (χ2v) is 5.48. The molecule has 0 nitrogen and oxygen atoms in total. The normalized spacial score (nSPS) is 31.1. The van der Waals surface area contributed by atoms with E-state index in [0.717, 1.165) is 11.2 Å². The molecule has 1 fully saturated rings. The van der Waals surface area contributed by atoms with Gasteiger partial charge < -0.3 is 0 Å². The van der Waals surface area contributed by atoms with Gasteiger partial charge in [0.15, 0.2) is 0 Å². The largest absolute Gasteiger partial charge is 0.158 e. The highest BCUT2D eigenvalue weighted by molar-refractivity contribution is 8.00. The average Bonchev–Trinajstić information content (AvgIpc) is 2.61. The van der Waals surface area contributed by atoms with Gasteiger partial charge in [-0.15, -0.1) is 0 Å². The zero-order chi connectivity index (χ0) is 8.67. The Morgan fingerprint density at radius 3 is 2.69 bits per heavy atom. The van der Waals surface area contributed by atoms with E-state index in [1.54, 1.807) is 11.1 Å². The lowest BCUT2D eigenvalue weighted by molar-refractivity contribution is 0.483. The Balaban J connectivity index is 1.97. The van der Waals surface area contributed by atoms with Gasteiger partial charge in [0.05, 0.1) is 0 Å². The van der Waals surface area contributed by atoms with Crippen LogP contribution in [0.5, 0.6) is 0 Å². The Morgan fingerprint density at radius 2 is 1.85 bits per heavy atom. The highest BCUT2D eigenvalue weighted by Gasteiger charge is 2.32. The van der Waals surface area contributed by atoms with Crippen molar-refractivity contribution in [2.75, 3.05) is 5.75 Å². The summed E-state index contributed by atoms with van der Waals surface area (Å²) in [5.41, 5.74) is 3.23. The molecular weight excluding hydrogens is 176 g/mol. The molecule has 0 saturated carbocycles. The van der Waals surface area contributed by atoms with E-state index >= 15 is 0 Å². The molecule has 0 radical (unpaired) electrons. The van der Waals surface area contributed by atoms with Crippen molar-refractivity contribution in [3.05, 3.63) is 35.4 Å². The summed E-state index contributed by atoms with van der Waals surface area (Å²) in [5.74, 6) is 2.38. The summed E-state index contributed by atoms with van der Waals surface area (Å²) in [4.78, 5) is 0. The molecule has 1 aliphatic heterocycles. The average molecular weight is 190 g/mol. The molecule has 3 rings (SSSR count). The molecule has 13 heavy (non-hydrogen) atoms. The van der Waals surface area contributed by atoms with Crippen molar-refractivity contribution in [1.29, 1.82) is 0 Å². The first-order valence-corrected chi connectivity index (χ1v) is 6.17. The Morgan fingerprint density at radius 1 is 1.08 bits per heavy atom. The third kappa shape index (κ3) is 1.30. The molecule has 68 valence electrons. The van der Waals surface area contributed by atoms with Crippen LogP contribution < -0.4 is 0 Å². The molecule has 0 spiro atoms. The maximum atomic E-state index is 2.31. The lowest BCUT2D eigenvalue weighted by Gasteiger charge is -2.26. The second kappa shape index (κ2) is 3.06. The summed E-state index contributed by atoms with van der Waals surface area (Å²) in [5, 5.41) is 0.940. The first-order valence-electron chi connectivity index (χ1n) is 5.12. The van der Waals surface area contributed by atoms with Crippen LogP contribution in [0.4, 0.5) is 0 Å². The van der Waals surface area contributed by atoms with Crippen molar-refractivity contribution in [2.24, 2.45) is 5.92 Å². The minimum Gasteiger partial charge on any atom is -0.158 e. The quantitative estimate of drug-likeness (QED) is 0.606. The fraction of sp³-hybridized carbons (Fsp3) is 0.500. The molecule has 1 aromatic carbocycles. The van der Waals surface area contributed by atoms with Crippen LogP contribution in [-0.2, 0) is 12.8 Å². The predicted octanol–water partition coefficient (Wildman–Crippen LogP) is 2.91. The molecular formula is C12H14S. The smallest absolute Gasteiger partial charge is 0.0119 e. The van der Waals surface area contributed by atoms with Crippen molar-refractivity contribution in [3.63, 3.8) is 0 Å². The molecule has 2 aliphatic rings. The minimum absolute atomic E-state index is 0.940. The Labute approximate surface area is 83.7 Å². The third-order valence-corrected chi connectivity index (χ3v) is 4.82. The SMILES string of the molecule is c1ccc2c(c1)CC1CCSC1C2. The van der Waals surface area contributed by atoms with Crippen molar-refractivity contribution in [1.82, 2.24) is 0 Å². The summed E-state index contributed by atoms with van der Waals surface area (Å²) in [6, 6.07) is 8.99. The number of hydrogen-bond donors (Lipinski definition) is 0. The predicted molar refractivity (Wildman–Crippen MR) is 58.2 cm³/mol. The molecule has 1 heterocycles. The van der Waals surface area contributed by atoms with Gasteiger partial charge in [-0.05, 0) is 42.1 Å². The zero-order valence-electron chi connectivity index (χ0n) is 7.70. The Kier molecular flexibility index (Phi) is 1.86. The summed E-state index contributed by atoms with van der Waals surface area (Å²) in [6.45, 7) is 0. The molecule has 0 N–H and O–H groups in total. The first-order chi connectivity index (χ1) is 6.43. The van der Waals surface area contributed by atoms with Crippen LogP contribution in [0.15, 0.2) is 24.3 Å². The van der Waals surface area contributed by atoms with Crippen LogP contribution in [-0.4, -0.2) is 11.0 Å². The summed E-state index contributed by atoms with van der Waals surface area (Å²) in [6.07, 6.45) is 4.11. The standard InChI is InChI=1S/C12H14S/c1-2-4-10-8-12-11(5-6-13-12)7-9(10)3-1/h1-4,11-12H,5-8H2. The van der Waals surface area contributed by atoms with Crippen molar-refractivity contribution < 1.29 is 0 Å². The summed E-state index contributed by atoms with van der Waals surface area (Å²) < 4.78 is 0. The van der Waals surface area contributed by atoms with E-state index in [-0.39, 0.29) is 0 Å². The number of hydrogen-bond acceptors (Lipinski definition) is 1. The Hall–Kier alpha value is -0.430. The third-order valence-electron chi connectivity index (χ3n) is 3.37. The molecule has 0 aromatic heterocycles. The number of benzene rings is 1. The van der Waals surface area contributed by atoms with Gasteiger partial charge in [-0.2, -0.15) is 11.8 Å². The van der Waals surface area contributed by atoms with E-state index in [9.17, 15) is 0 Å². The highest BCUT2D eigenvalue weighted by atomic mass is 32.2. The van der Waals surface area contributed by atoms with Crippen LogP contribution in [0.1, 0.15) is 17.5 Å². The molecule has 1 aliphatic carbocycles. The van der Waals surface area contributed by atoms with Crippen molar-refractivity contribution >= 4 is 11.8 Å². The molecule has 2 atom stereocenters. The van der Waals surface area contributed by atoms with Gasteiger partial charge in [0.1, 0.15) is 0 Å². The Bertz CT molecular complexity index is 288. The molecule has 0 bridgehead atoms. The van der Waals surface area contributed by atoms with E-state index in [0.29, 0.717) is 0 Å². The molecule has 1 aromatic rings. The van der Waals surface area contributed by atoms with Crippen LogP contribution in [0, 0.1) is 5.92 Å². The fourth-order valence-corrected chi connectivity index (χ4v) is 4.15. The maximum Gasteiger partial charge on any atom is 0.0119 e. The number of fused-ring (bicyclic) bond motifs is 2. The van der Waals surface area contributed by atoms with E-state index in [1.807, 2.05) is 0 Å². The van der Waals surface area contributed by atoms with Gasteiger partial charge in [0.2, 0.25) is 0 Å². The number of rotatable bonds is 0. The number of thioether (sulfide) groups is 1. The molecule has 1 saturated heterocycles. The lowest BCUT2D eigenvalue weighted by atomic mass is 9.82. The van der Waals surface area contributed by atoms with E-state index in [2.05, 4.69) is 36.0 Å². The fourth-order valence-electron chi connectivity index (χ4n) is 2.61. The minimum atomic E-state index is 0.940. The molecule has 2 unspecified atom stereocenters. The zero-order valence-corrected chi connectivity index (χ0v) is 8.52. The van der Waals surface area contributed by atoms with Gasteiger partial charge in [-0.1, -0.05) is 24.3 Å². The summed E-state index contributed by atoms with van der Waals surface area (Å²) >= 11 is 2.19. The van der Waals surface area contributed by atoms with E-state index < -0.39 is 0 Å². The summed E-state index contributed by atoms with van der Waals surface area (Å²) in [7, 11) is 0. The second-order valence-electron chi connectivity index (χ2n) is 4.13. The lowest BCUT2D eigenvalue weighted by Crippen LogP contribution is -2.23. The van der Waals surface area contributed by atoms with Crippen molar-refractivity contribution in [3.8, 4) is 0 Å². The maximum absolute atomic E-state index is 2.31. The van der Waals surface area contributed by atoms with Crippen molar-refractivity contribution in [2.45, 2.75) is 24.5 Å². The highest BCUT2D eigenvalue weighted by Crippen LogP contribution is 2.40. The van der Waals surface area contributed by atoms with Gasteiger partial charge in [-0.25, -0.2) is 0 Å². The van der Waals surface area contributed by atoms with E-state index in [4.69, 9.17) is 0 Å². The van der Waals surface area contributed by atoms with Crippen LogP contribution in [0.25, 0.3) is 0 Å². The topological polar surface area (TPSA) is 0 Å². The molecule has 1 heteroatoms.